The molecule has 166 valence electrons. The molecule has 1 aromatic heterocycles. The van der Waals surface area contributed by atoms with Crippen LogP contribution < -0.4 is 9.47 Å². The van der Waals surface area contributed by atoms with E-state index in [0.717, 1.165) is 42.0 Å². The topological polar surface area (TPSA) is 73.2 Å². The summed E-state index contributed by atoms with van der Waals surface area (Å²) in [5, 5.41) is 0.792. The average molecular weight is 435 g/mol. The normalized spacial score (nSPS) is 15.8. The molecule has 0 saturated carbocycles. The molecule has 0 atom stereocenters. The van der Waals surface area contributed by atoms with Crippen LogP contribution in [0, 0.1) is 0 Å². The van der Waals surface area contributed by atoms with Gasteiger partial charge in [-0.2, -0.15) is 0 Å². The number of ether oxygens (including phenoxy) is 3. The lowest BCUT2D eigenvalue weighted by Gasteiger charge is -2.35. The second kappa shape index (κ2) is 8.55. The molecule has 0 spiro atoms. The Bertz CT molecular complexity index is 1160. The highest BCUT2D eigenvalue weighted by Gasteiger charge is 2.23. The van der Waals surface area contributed by atoms with Crippen molar-refractivity contribution in [2.75, 3.05) is 40.1 Å². The number of carbonyl (C=O) groups excluding carboxylic acids is 2. The predicted octanol–water partition coefficient (Wildman–Crippen LogP) is 2.50. The third-order valence-corrected chi connectivity index (χ3v) is 6.07. The molecule has 32 heavy (non-hydrogen) atoms. The number of fused-ring (bicyclic) bond motifs is 2. The standard InChI is InChI=1S/C24H25N3O5/c1-30-24(29)19-14-27(20-5-3-2-4-18(19)20)15-23(28)26-10-8-25(9-11-26)13-17-6-7-21-22(12-17)32-16-31-21/h2-7,12,14H,8-11,13,15-16H2,1H3. The van der Waals surface area contributed by atoms with Gasteiger partial charge in [-0.25, -0.2) is 4.79 Å². The Balaban J connectivity index is 1.21. The van der Waals surface area contributed by atoms with Crippen LogP contribution >= 0.6 is 0 Å². The van der Waals surface area contributed by atoms with Crippen LogP contribution in [0.2, 0.25) is 0 Å². The van der Waals surface area contributed by atoms with Crippen LogP contribution in [0.15, 0.2) is 48.7 Å². The quantitative estimate of drug-likeness (QED) is 0.574. The van der Waals surface area contributed by atoms with Crippen LogP contribution in [0.3, 0.4) is 0 Å². The molecule has 0 radical (unpaired) electrons. The summed E-state index contributed by atoms with van der Waals surface area (Å²) in [6.07, 6.45) is 1.71. The number of amides is 1. The summed E-state index contributed by atoms with van der Waals surface area (Å²) in [4.78, 5) is 29.3. The van der Waals surface area contributed by atoms with E-state index in [2.05, 4.69) is 11.0 Å². The van der Waals surface area contributed by atoms with Crippen LogP contribution in [-0.2, 0) is 22.6 Å². The molecule has 1 saturated heterocycles. The highest BCUT2D eigenvalue weighted by molar-refractivity contribution is 6.04. The molecule has 2 aromatic carbocycles. The van der Waals surface area contributed by atoms with Crippen molar-refractivity contribution >= 4 is 22.8 Å². The first-order valence-corrected chi connectivity index (χ1v) is 10.7. The number of aromatic nitrogens is 1. The lowest BCUT2D eigenvalue weighted by molar-refractivity contribution is -0.133. The third-order valence-electron chi connectivity index (χ3n) is 6.07. The average Bonchev–Trinajstić information content (AvgIpc) is 3.43. The molecule has 8 heteroatoms. The Hall–Kier alpha value is -3.52. The third kappa shape index (κ3) is 3.89. The Morgan fingerprint density at radius 3 is 2.59 bits per heavy atom. The molecule has 1 fully saturated rings. The van der Waals surface area contributed by atoms with Gasteiger partial charge < -0.3 is 23.7 Å². The summed E-state index contributed by atoms with van der Waals surface area (Å²) >= 11 is 0. The Morgan fingerprint density at radius 1 is 1.00 bits per heavy atom. The minimum absolute atomic E-state index is 0.0462. The monoisotopic (exact) mass is 435 g/mol. The minimum atomic E-state index is -0.399. The van der Waals surface area contributed by atoms with Crippen molar-refractivity contribution in [2.45, 2.75) is 13.1 Å². The van der Waals surface area contributed by atoms with Crippen molar-refractivity contribution < 1.29 is 23.8 Å². The molecular formula is C24H25N3O5. The molecule has 5 rings (SSSR count). The zero-order valence-electron chi connectivity index (χ0n) is 18.0. The van der Waals surface area contributed by atoms with E-state index in [1.54, 1.807) is 6.20 Å². The van der Waals surface area contributed by atoms with Gasteiger partial charge in [-0.3, -0.25) is 9.69 Å². The summed E-state index contributed by atoms with van der Waals surface area (Å²) in [6.45, 7) is 4.24. The first-order chi connectivity index (χ1) is 15.6. The maximum atomic E-state index is 13.0. The Morgan fingerprint density at radius 2 is 1.78 bits per heavy atom. The van der Waals surface area contributed by atoms with E-state index in [4.69, 9.17) is 14.2 Å². The number of hydrogen-bond acceptors (Lipinski definition) is 6. The highest BCUT2D eigenvalue weighted by atomic mass is 16.7. The molecule has 3 heterocycles. The second-order valence-electron chi connectivity index (χ2n) is 8.02. The van der Waals surface area contributed by atoms with Gasteiger partial charge in [0.15, 0.2) is 11.5 Å². The van der Waals surface area contributed by atoms with E-state index in [1.165, 1.54) is 12.7 Å². The lowest BCUT2D eigenvalue weighted by atomic mass is 10.1. The smallest absolute Gasteiger partial charge is 0.340 e. The number of rotatable bonds is 5. The number of benzene rings is 2. The molecule has 0 unspecified atom stereocenters. The van der Waals surface area contributed by atoms with Gasteiger partial charge in [0.1, 0.15) is 6.54 Å². The zero-order valence-corrected chi connectivity index (χ0v) is 18.0. The summed E-state index contributed by atoms with van der Waals surface area (Å²) in [5.41, 5.74) is 2.50. The van der Waals surface area contributed by atoms with E-state index in [-0.39, 0.29) is 19.2 Å². The van der Waals surface area contributed by atoms with Crippen molar-refractivity contribution in [3.8, 4) is 11.5 Å². The summed E-state index contributed by atoms with van der Waals surface area (Å²) in [5.74, 6) is 1.23. The van der Waals surface area contributed by atoms with Gasteiger partial charge in [0, 0.05) is 49.8 Å². The molecule has 2 aliphatic heterocycles. The number of hydrogen-bond donors (Lipinski definition) is 0. The van der Waals surface area contributed by atoms with Crippen molar-refractivity contribution in [1.82, 2.24) is 14.4 Å². The summed E-state index contributed by atoms with van der Waals surface area (Å²) in [7, 11) is 1.36. The van der Waals surface area contributed by atoms with Gasteiger partial charge in [0.05, 0.1) is 12.7 Å². The SMILES string of the molecule is COC(=O)c1cn(CC(=O)N2CCN(Cc3ccc4c(c3)OCO4)CC2)c2ccccc12. The van der Waals surface area contributed by atoms with E-state index in [0.29, 0.717) is 18.7 Å². The van der Waals surface area contributed by atoms with Gasteiger partial charge in [-0.15, -0.1) is 0 Å². The van der Waals surface area contributed by atoms with Crippen molar-refractivity contribution in [3.05, 3.63) is 59.8 Å². The fraction of sp³-hybridized carbons (Fsp3) is 0.333. The summed E-state index contributed by atoms with van der Waals surface area (Å²) in [6, 6.07) is 13.6. The fourth-order valence-electron chi connectivity index (χ4n) is 4.35. The molecule has 8 nitrogen and oxygen atoms in total. The van der Waals surface area contributed by atoms with Crippen molar-refractivity contribution in [3.63, 3.8) is 0 Å². The zero-order chi connectivity index (χ0) is 22.1. The molecule has 0 bridgehead atoms. The van der Waals surface area contributed by atoms with Crippen LogP contribution in [-0.4, -0.2) is 66.3 Å². The first kappa shape index (κ1) is 20.4. The number of nitrogens with zero attached hydrogens (tertiary/aromatic N) is 3. The summed E-state index contributed by atoms with van der Waals surface area (Å²) < 4.78 is 17.6. The number of methoxy groups -OCH3 is 1. The molecule has 0 aliphatic carbocycles. The van der Waals surface area contributed by atoms with Crippen LogP contribution in [0.4, 0.5) is 0 Å². The molecular weight excluding hydrogens is 410 g/mol. The molecule has 0 N–H and O–H groups in total. The number of para-hydroxylation sites is 1. The van der Waals surface area contributed by atoms with E-state index in [9.17, 15) is 9.59 Å². The number of carbonyl (C=O) groups is 2. The highest BCUT2D eigenvalue weighted by Crippen LogP contribution is 2.33. The van der Waals surface area contributed by atoms with Gasteiger partial charge in [-0.1, -0.05) is 24.3 Å². The largest absolute Gasteiger partial charge is 0.465 e. The van der Waals surface area contributed by atoms with Gasteiger partial charge in [0.2, 0.25) is 12.7 Å². The first-order valence-electron chi connectivity index (χ1n) is 10.7. The Kier molecular flexibility index (Phi) is 5.45. The predicted molar refractivity (Wildman–Crippen MR) is 118 cm³/mol. The maximum Gasteiger partial charge on any atom is 0.340 e. The van der Waals surface area contributed by atoms with Gasteiger partial charge in [-0.05, 0) is 23.8 Å². The minimum Gasteiger partial charge on any atom is -0.465 e. The molecule has 1 amide bonds. The Labute approximate surface area is 185 Å². The van der Waals surface area contributed by atoms with Crippen LogP contribution in [0.1, 0.15) is 15.9 Å². The van der Waals surface area contributed by atoms with Crippen LogP contribution in [0.5, 0.6) is 11.5 Å². The van der Waals surface area contributed by atoms with E-state index >= 15 is 0 Å². The van der Waals surface area contributed by atoms with E-state index < -0.39 is 5.97 Å². The van der Waals surface area contributed by atoms with E-state index in [1.807, 2.05) is 45.9 Å². The van der Waals surface area contributed by atoms with Crippen molar-refractivity contribution in [2.24, 2.45) is 0 Å². The molecule has 3 aromatic rings. The number of piperazine rings is 1. The number of esters is 1. The fourth-order valence-corrected chi connectivity index (χ4v) is 4.35. The maximum absolute atomic E-state index is 13.0. The molecule has 2 aliphatic rings. The lowest BCUT2D eigenvalue weighted by Crippen LogP contribution is -2.49. The van der Waals surface area contributed by atoms with Gasteiger partial charge >= 0.3 is 5.97 Å². The second-order valence-corrected chi connectivity index (χ2v) is 8.02. The van der Waals surface area contributed by atoms with Gasteiger partial charge in [0.25, 0.3) is 0 Å². The van der Waals surface area contributed by atoms with Crippen molar-refractivity contribution in [1.29, 1.82) is 0 Å². The van der Waals surface area contributed by atoms with Crippen LogP contribution in [0.25, 0.3) is 10.9 Å².